The second-order valence-electron chi connectivity index (χ2n) is 5.75. The minimum absolute atomic E-state index is 0.0185. The summed E-state index contributed by atoms with van der Waals surface area (Å²) in [4.78, 5) is 22.9. The fourth-order valence-electron chi connectivity index (χ4n) is 2.43. The maximum absolute atomic E-state index is 12.1. The van der Waals surface area contributed by atoms with Crippen molar-refractivity contribution in [2.45, 2.75) is 31.4 Å². The number of benzene rings is 1. The van der Waals surface area contributed by atoms with Crippen molar-refractivity contribution >= 4 is 23.3 Å². The van der Waals surface area contributed by atoms with Crippen LogP contribution in [-0.2, 0) is 11.2 Å². The average Bonchev–Trinajstić information content (AvgIpc) is 3.13. The lowest BCUT2D eigenvalue weighted by atomic mass is 10.0. The number of urea groups is 1. The van der Waals surface area contributed by atoms with Gasteiger partial charge in [-0.15, -0.1) is 0 Å². The highest BCUT2D eigenvalue weighted by atomic mass is 32.1. The molecule has 7 heteroatoms. The number of rotatable bonds is 9. The number of amides is 2. The topological polar surface area (TPSA) is 98.7 Å². The quantitative estimate of drug-likeness (QED) is 0.551. The van der Waals surface area contributed by atoms with Gasteiger partial charge in [0.15, 0.2) is 0 Å². The largest absolute Gasteiger partial charge is 0.481 e. The maximum atomic E-state index is 12.1. The molecule has 25 heavy (non-hydrogen) atoms. The Labute approximate surface area is 150 Å². The molecule has 134 valence electrons. The van der Waals surface area contributed by atoms with Gasteiger partial charge in [-0.05, 0) is 40.8 Å². The number of thiophene rings is 1. The van der Waals surface area contributed by atoms with Gasteiger partial charge in [0.05, 0.1) is 6.10 Å². The molecule has 0 aliphatic heterocycles. The number of carboxylic acid groups (broad SMARTS) is 1. The van der Waals surface area contributed by atoms with E-state index in [-0.39, 0.29) is 19.0 Å². The number of aliphatic hydroxyl groups is 1. The molecule has 0 saturated heterocycles. The van der Waals surface area contributed by atoms with Crippen LogP contribution in [0.4, 0.5) is 4.79 Å². The number of hydrogen-bond donors (Lipinski definition) is 4. The van der Waals surface area contributed by atoms with Crippen molar-refractivity contribution in [2.24, 2.45) is 0 Å². The summed E-state index contributed by atoms with van der Waals surface area (Å²) in [5, 5.41) is 28.0. The minimum atomic E-state index is -0.895. The minimum Gasteiger partial charge on any atom is -0.481 e. The monoisotopic (exact) mass is 362 g/mol. The van der Waals surface area contributed by atoms with Crippen molar-refractivity contribution < 1.29 is 19.8 Å². The number of nitrogens with one attached hydrogen (secondary N) is 2. The molecule has 2 amide bonds. The summed E-state index contributed by atoms with van der Waals surface area (Å²) in [6.45, 7) is 0.0968. The van der Waals surface area contributed by atoms with Crippen molar-refractivity contribution in [1.29, 1.82) is 0 Å². The van der Waals surface area contributed by atoms with E-state index in [0.717, 1.165) is 11.1 Å². The van der Waals surface area contributed by atoms with Crippen molar-refractivity contribution in [2.75, 3.05) is 6.54 Å². The van der Waals surface area contributed by atoms with Crippen LogP contribution >= 0.6 is 11.3 Å². The van der Waals surface area contributed by atoms with Crippen molar-refractivity contribution in [3.63, 3.8) is 0 Å². The summed E-state index contributed by atoms with van der Waals surface area (Å²) in [6.07, 6.45) is 0.109. The molecule has 0 radical (unpaired) electrons. The lowest BCUT2D eigenvalue weighted by Gasteiger charge is -2.19. The lowest BCUT2D eigenvalue weighted by Crippen LogP contribution is -2.44. The molecule has 0 spiro atoms. The van der Waals surface area contributed by atoms with E-state index in [1.165, 1.54) is 11.3 Å². The fraction of sp³-hybridized carbons (Fsp3) is 0.333. The highest BCUT2D eigenvalue weighted by Gasteiger charge is 2.16. The molecule has 0 fully saturated rings. The zero-order valence-electron chi connectivity index (χ0n) is 13.7. The van der Waals surface area contributed by atoms with Gasteiger partial charge < -0.3 is 20.8 Å². The van der Waals surface area contributed by atoms with Gasteiger partial charge in [-0.2, -0.15) is 11.3 Å². The maximum Gasteiger partial charge on any atom is 0.315 e. The molecule has 1 heterocycles. The molecule has 2 aromatic rings. The summed E-state index contributed by atoms with van der Waals surface area (Å²) in [5.74, 6) is -0.895. The Morgan fingerprint density at radius 3 is 2.56 bits per heavy atom. The highest BCUT2D eigenvalue weighted by molar-refractivity contribution is 7.07. The number of aliphatic hydroxyl groups excluding tert-OH is 1. The van der Waals surface area contributed by atoms with E-state index in [0.29, 0.717) is 12.8 Å². The number of carboxylic acids is 1. The van der Waals surface area contributed by atoms with E-state index in [1.807, 2.05) is 41.1 Å². The van der Waals surface area contributed by atoms with Crippen LogP contribution in [0.15, 0.2) is 47.2 Å². The molecular weight excluding hydrogens is 340 g/mol. The summed E-state index contributed by atoms with van der Waals surface area (Å²) < 4.78 is 0. The van der Waals surface area contributed by atoms with Crippen LogP contribution in [0.5, 0.6) is 0 Å². The van der Waals surface area contributed by atoms with Crippen LogP contribution in [0.1, 0.15) is 30.1 Å². The summed E-state index contributed by atoms with van der Waals surface area (Å²) in [7, 11) is 0. The van der Waals surface area contributed by atoms with E-state index in [1.54, 1.807) is 6.07 Å². The van der Waals surface area contributed by atoms with Crippen LogP contribution in [-0.4, -0.2) is 34.8 Å². The number of aliphatic carboxylic acids is 1. The van der Waals surface area contributed by atoms with E-state index in [4.69, 9.17) is 5.11 Å². The molecule has 0 aliphatic carbocycles. The standard InChI is InChI=1S/C18H22N2O4S/c21-16(14-8-9-25-12-14)11-19-18(24)20-15(6-7-17(22)23)10-13-4-2-1-3-5-13/h1-5,8-9,12,15-16,21H,6-7,10-11H2,(H,22,23)(H2,19,20,24). The zero-order valence-corrected chi connectivity index (χ0v) is 14.5. The predicted octanol–water partition coefficient (Wildman–Crippen LogP) is 2.56. The first-order valence-corrected chi connectivity index (χ1v) is 8.99. The summed E-state index contributed by atoms with van der Waals surface area (Å²) in [5.41, 5.74) is 1.79. The van der Waals surface area contributed by atoms with Gasteiger partial charge in [0, 0.05) is 19.0 Å². The molecule has 2 atom stereocenters. The molecule has 2 unspecified atom stereocenters. The summed E-state index contributed by atoms with van der Waals surface area (Å²) in [6, 6.07) is 10.7. The molecule has 0 bridgehead atoms. The summed E-state index contributed by atoms with van der Waals surface area (Å²) >= 11 is 1.48. The SMILES string of the molecule is O=C(O)CCC(Cc1ccccc1)NC(=O)NCC(O)c1ccsc1. The normalized spacial score (nSPS) is 13.0. The first-order chi connectivity index (χ1) is 12.0. The molecule has 0 saturated carbocycles. The average molecular weight is 362 g/mol. The van der Waals surface area contributed by atoms with Gasteiger partial charge >= 0.3 is 12.0 Å². The van der Waals surface area contributed by atoms with Gasteiger partial charge in [0.2, 0.25) is 0 Å². The third kappa shape index (κ3) is 6.94. The zero-order chi connectivity index (χ0) is 18.1. The van der Waals surface area contributed by atoms with Gasteiger partial charge in [-0.25, -0.2) is 4.79 Å². The molecule has 2 rings (SSSR count). The van der Waals surface area contributed by atoms with Crippen LogP contribution in [0.2, 0.25) is 0 Å². The Kier molecular flexibility index (Phi) is 7.43. The first-order valence-electron chi connectivity index (χ1n) is 8.05. The van der Waals surface area contributed by atoms with Crippen LogP contribution in [0.3, 0.4) is 0 Å². The van der Waals surface area contributed by atoms with Crippen LogP contribution in [0.25, 0.3) is 0 Å². The fourth-order valence-corrected chi connectivity index (χ4v) is 3.14. The first kappa shape index (κ1) is 19.0. The Morgan fingerprint density at radius 2 is 1.92 bits per heavy atom. The van der Waals surface area contributed by atoms with E-state index < -0.39 is 18.1 Å². The second kappa shape index (κ2) is 9.80. The Balaban J connectivity index is 1.86. The highest BCUT2D eigenvalue weighted by Crippen LogP contribution is 2.15. The molecule has 4 N–H and O–H groups in total. The van der Waals surface area contributed by atoms with Gasteiger partial charge in [-0.3, -0.25) is 4.79 Å². The van der Waals surface area contributed by atoms with Gasteiger partial charge in [-0.1, -0.05) is 30.3 Å². The van der Waals surface area contributed by atoms with Crippen molar-refractivity contribution in [1.82, 2.24) is 10.6 Å². The smallest absolute Gasteiger partial charge is 0.315 e. The van der Waals surface area contributed by atoms with Gasteiger partial charge in [0.1, 0.15) is 0 Å². The number of carbonyl (C=O) groups excluding carboxylic acids is 1. The molecular formula is C18H22N2O4S. The number of carbonyl (C=O) groups is 2. The lowest BCUT2D eigenvalue weighted by molar-refractivity contribution is -0.137. The number of hydrogen-bond acceptors (Lipinski definition) is 4. The third-order valence-electron chi connectivity index (χ3n) is 3.75. The van der Waals surface area contributed by atoms with E-state index >= 15 is 0 Å². The molecule has 1 aromatic heterocycles. The Bertz CT molecular complexity index is 661. The van der Waals surface area contributed by atoms with Crippen molar-refractivity contribution in [3.8, 4) is 0 Å². The molecule has 0 aliphatic rings. The molecule has 6 nitrogen and oxygen atoms in total. The Morgan fingerprint density at radius 1 is 1.16 bits per heavy atom. The van der Waals surface area contributed by atoms with Crippen LogP contribution in [0, 0.1) is 0 Å². The van der Waals surface area contributed by atoms with E-state index in [2.05, 4.69) is 10.6 Å². The third-order valence-corrected chi connectivity index (χ3v) is 4.45. The van der Waals surface area contributed by atoms with Crippen LogP contribution < -0.4 is 10.6 Å². The van der Waals surface area contributed by atoms with Crippen molar-refractivity contribution in [3.05, 3.63) is 58.3 Å². The predicted molar refractivity (Wildman–Crippen MR) is 96.6 cm³/mol. The van der Waals surface area contributed by atoms with E-state index in [9.17, 15) is 14.7 Å². The van der Waals surface area contributed by atoms with Gasteiger partial charge in [0.25, 0.3) is 0 Å². The molecule has 1 aromatic carbocycles. The second-order valence-corrected chi connectivity index (χ2v) is 6.53. The Hall–Kier alpha value is -2.38.